The van der Waals surface area contributed by atoms with Crippen LogP contribution in [0.15, 0.2) is 60.7 Å². The number of aldehydes is 2. The molecular weight excluding hydrogens is 584 g/mol. The number of nitrogens with zero attached hydrogens (tertiary/aromatic N) is 4. The average molecular weight is 625 g/mol. The SMILES string of the molecule is N#Cc1ccc(N2CCC(Oc3ccc(C4CCN(CC5CCN(c6ccc(C=O)c(C=O)c6)CC5)CC4)cc3)CC2)cc1Cl. The molecule has 0 radical (unpaired) electrons. The minimum absolute atomic E-state index is 0.202. The maximum absolute atomic E-state index is 11.4. The number of piperidine rings is 3. The molecule has 0 aromatic heterocycles. The number of benzene rings is 3. The minimum Gasteiger partial charge on any atom is -0.490 e. The van der Waals surface area contributed by atoms with Gasteiger partial charge in [0.05, 0.1) is 10.6 Å². The lowest BCUT2D eigenvalue weighted by Crippen LogP contribution is -2.41. The molecule has 6 rings (SSSR count). The summed E-state index contributed by atoms with van der Waals surface area (Å²) in [5.74, 6) is 2.24. The molecule has 234 valence electrons. The third kappa shape index (κ3) is 7.52. The van der Waals surface area contributed by atoms with Gasteiger partial charge in [-0.15, -0.1) is 0 Å². The average Bonchev–Trinajstić information content (AvgIpc) is 3.09. The summed E-state index contributed by atoms with van der Waals surface area (Å²) < 4.78 is 6.36. The van der Waals surface area contributed by atoms with Gasteiger partial charge in [-0.05, 0) is 105 Å². The Kier molecular flexibility index (Phi) is 10.0. The molecule has 3 heterocycles. The molecule has 3 saturated heterocycles. The van der Waals surface area contributed by atoms with Gasteiger partial charge in [0.1, 0.15) is 17.9 Å². The summed E-state index contributed by atoms with van der Waals surface area (Å²) in [5, 5.41) is 9.63. The summed E-state index contributed by atoms with van der Waals surface area (Å²) in [6, 6.07) is 22.2. The van der Waals surface area contributed by atoms with Gasteiger partial charge in [-0.25, -0.2) is 0 Å². The number of hydrogen-bond donors (Lipinski definition) is 0. The Morgan fingerprint density at radius 2 is 1.38 bits per heavy atom. The predicted molar refractivity (Wildman–Crippen MR) is 179 cm³/mol. The van der Waals surface area contributed by atoms with Gasteiger partial charge < -0.3 is 19.4 Å². The normalized spacial score (nSPS) is 18.8. The second kappa shape index (κ2) is 14.5. The van der Waals surface area contributed by atoms with Crippen molar-refractivity contribution < 1.29 is 14.3 Å². The fourth-order valence-electron chi connectivity index (χ4n) is 7.19. The van der Waals surface area contributed by atoms with Crippen molar-refractivity contribution in [3.05, 3.63) is 87.9 Å². The molecule has 0 unspecified atom stereocenters. The van der Waals surface area contributed by atoms with E-state index in [9.17, 15) is 9.59 Å². The van der Waals surface area contributed by atoms with Gasteiger partial charge in [-0.3, -0.25) is 9.59 Å². The highest BCUT2D eigenvalue weighted by Crippen LogP contribution is 2.32. The molecule has 45 heavy (non-hydrogen) atoms. The minimum atomic E-state index is 0.202. The standard InChI is InChI=1S/C37H41ClN4O3/c38-37-22-34(5-1-30(37)23-39)42-19-13-36(14-20-42)45-35-7-3-28(4-8-35)29-11-15-40(16-12-29)24-27-9-17-41(18-10-27)33-6-2-31(25-43)32(21-33)26-44/h1-8,21-22,25-27,29,36H,9-20,24H2. The molecule has 0 bridgehead atoms. The lowest BCUT2D eigenvalue weighted by molar-refractivity contribution is 0.109. The number of carbonyl (C=O) groups excluding carboxylic acids is 2. The van der Waals surface area contributed by atoms with Crippen molar-refractivity contribution in [2.75, 3.05) is 55.6 Å². The molecule has 8 heteroatoms. The van der Waals surface area contributed by atoms with Gasteiger partial charge in [-0.1, -0.05) is 23.7 Å². The Labute approximate surface area is 271 Å². The summed E-state index contributed by atoms with van der Waals surface area (Å²) >= 11 is 6.24. The Hall–Kier alpha value is -3.86. The van der Waals surface area contributed by atoms with E-state index in [1.807, 2.05) is 24.3 Å². The van der Waals surface area contributed by atoms with Crippen LogP contribution in [-0.2, 0) is 0 Å². The van der Waals surface area contributed by atoms with E-state index in [-0.39, 0.29) is 6.10 Å². The third-order valence-corrected chi connectivity index (χ3v) is 10.3. The van der Waals surface area contributed by atoms with Crippen LogP contribution in [0.25, 0.3) is 0 Å². The van der Waals surface area contributed by atoms with Crippen molar-refractivity contribution in [3.63, 3.8) is 0 Å². The molecule has 7 nitrogen and oxygen atoms in total. The van der Waals surface area contributed by atoms with Gasteiger partial charge in [-0.2, -0.15) is 5.26 Å². The Morgan fingerprint density at radius 3 is 2.00 bits per heavy atom. The zero-order valence-electron chi connectivity index (χ0n) is 25.7. The molecule has 3 fully saturated rings. The summed E-state index contributed by atoms with van der Waals surface area (Å²) in [5.41, 5.74) is 4.95. The molecular formula is C37H41ClN4O3. The molecule has 0 N–H and O–H groups in total. The smallest absolute Gasteiger partial charge is 0.150 e. The molecule has 0 amide bonds. The van der Waals surface area contributed by atoms with E-state index in [2.05, 4.69) is 45.0 Å². The number of hydrogen-bond acceptors (Lipinski definition) is 7. The van der Waals surface area contributed by atoms with Crippen LogP contribution in [0.4, 0.5) is 11.4 Å². The quantitative estimate of drug-likeness (QED) is 0.238. The van der Waals surface area contributed by atoms with E-state index >= 15 is 0 Å². The van der Waals surface area contributed by atoms with Crippen LogP contribution in [0.1, 0.15) is 76.3 Å². The second-order valence-corrected chi connectivity index (χ2v) is 13.1. The molecule has 0 atom stereocenters. The van der Waals surface area contributed by atoms with Gasteiger partial charge in [0.2, 0.25) is 0 Å². The van der Waals surface area contributed by atoms with Gasteiger partial charge in [0.15, 0.2) is 12.6 Å². The molecule has 0 aliphatic carbocycles. The fourth-order valence-corrected chi connectivity index (χ4v) is 7.41. The zero-order chi connectivity index (χ0) is 31.2. The van der Waals surface area contributed by atoms with Gasteiger partial charge >= 0.3 is 0 Å². The lowest BCUT2D eigenvalue weighted by atomic mass is 9.88. The fraction of sp³-hybridized carbons (Fsp3) is 0.432. The van der Waals surface area contributed by atoms with Crippen molar-refractivity contribution >= 4 is 35.5 Å². The Morgan fingerprint density at radius 1 is 0.756 bits per heavy atom. The number of likely N-dealkylation sites (tertiary alicyclic amines) is 1. The first-order valence-corrected chi connectivity index (χ1v) is 16.6. The molecule has 3 aromatic rings. The van der Waals surface area contributed by atoms with E-state index in [4.69, 9.17) is 21.6 Å². The number of ether oxygens (including phenoxy) is 1. The van der Waals surface area contributed by atoms with Crippen molar-refractivity contribution in [1.29, 1.82) is 5.26 Å². The van der Waals surface area contributed by atoms with Crippen LogP contribution in [0, 0.1) is 17.2 Å². The van der Waals surface area contributed by atoms with Crippen molar-refractivity contribution in [2.24, 2.45) is 5.92 Å². The number of carbonyl (C=O) groups is 2. The maximum atomic E-state index is 11.4. The first-order chi connectivity index (χ1) is 22.0. The van der Waals surface area contributed by atoms with E-state index in [0.29, 0.717) is 33.5 Å². The largest absolute Gasteiger partial charge is 0.490 e. The van der Waals surface area contributed by atoms with Crippen LogP contribution >= 0.6 is 11.6 Å². The van der Waals surface area contributed by atoms with Crippen molar-refractivity contribution in [2.45, 2.75) is 50.5 Å². The summed E-state index contributed by atoms with van der Waals surface area (Å²) in [6.07, 6.45) is 8.30. The monoisotopic (exact) mass is 624 g/mol. The van der Waals surface area contributed by atoms with E-state index in [0.717, 1.165) is 101 Å². The number of nitriles is 1. The predicted octanol–water partition coefficient (Wildman–Crippen LogP) is 6.98. The summed E-state index contributed by atoms with van der Waals surface area (Å²) in [6.45, 7) is 7.22. The van der Waals surface area contributed by atoms with Crippen LogP contribution in [0.2, 0.25) is 5.02 Å². The van der Waals surface area contributed by atoms with Crippen LogP contribution < -0.4 is 14.5 Å². The molecule has 0 spiro atoms. The highest BCUT2D eigenvalue weighted by atomic mass is 35.5. The molecule has 3 aromatic carbocycles. The highest BCUT2D eigenvalue weighted by molar-refractivity contribution is 6.32. The first kappa shape index (κ1) is 31.1. The third-order valence-electron chi connectivity index (χ3n) is 9.94. The lowest BCUT2D eigenvalue weighted by Gasteiger charge is -2.38. The highest BCUT2D eigenvalue weighted by Gasteiger charge is 2.26. The summed E-state index contributed by atoms with van der Waals surface area (Å²) in [7, 11) is 0. The van der Waals surface area contributed by atoms with Crippen molar-refractivity contribution in [1.82, 2.24) is 4.90 Å². The molecule has 3 aliphatic rings. The molecule has 0 saturated carbocycles. The Bertz CT molecular complexity index is 1510. The number of anilines is 2. The Balaban J connectivity index is 0.914. The second-order valence-electron chi connectivity index (χ2n) is 12.7. The maximum Gasteiger partial charge on any atom is 0.150 e. The van der Waals surface area contributed by atoms with Crippen LogP contribution in [-0.4, -0.2) is 69.4 Å². The molecule has 3 aliphatic heterocycles. The van der Waals surface area contributed by atoms with E-state index in [1.165, 1.54) is 18.4 Å². The topological polar surface area (TPSA) is 76.9 Å². The van der Waals surface area contributed by atoms with E-state index in [1.54, 1.807) is 12.1 Å². The van der Waals surface area contributed by atoms with E-state index < -0.39 is 0 Å². The number of halogens is 1. The van der Waals surface area contributed by atoms with Crippen LogP contribution in [0.3, 0.4) is 0 Å². The van der Waals surface area contributed by atoms with Crippen LogP contribution in [0.5, 0.6) is 5.75 Å². The van der Waals surface area contributed by atoms with Gasteiger partial charge in [0, 0.05) is 68.1 Å². The summed E-state index contributed by atoms with van der Waals surface area (Å²) in [4.78, 5) is 29.8. The zero-order valence-corrected chi connectivity index (χ0v) is 26.5. The number of rotatable bonds is 9. The first-order valence-electron chi connectivity index (χ1n) is 16.3. The van der Waals surface area contributed by atoms with Gasteiger partial charge in [0.25, 0.3) is 0 Å². The van der Waals surface area contributed by atoms with Crippen molar-refractivity contribution in [3.8, 4) is 11.8 Å².